The lowest BCUT2D eigenvalue weighted by molar-refractivity contribution is 0.0993. The van der Waals surface area contributed by atoms with Crippen LogP contribution in [0.4, 0.5) is 11.4 Å². The topological polar surface area (TPSA) is 54.5 Å². The third-order valence-electron chi connectivity index (χ3n) is 3.18. The number of nitrogens with one attached hydrogen (secondary N) is 1. The minimum Gasteiger partial charge on any atom is -0.497 e. The molecule has 21 heavy (non-hydrogen) atoms. The van der Waals surface area contributed by atoms with Crippen LogP contribution in [0.25, 0.3) is 0 Å². The molecule has 0 atom stereocenters. The van der Waals surface area contributed by atoms with Gasteiger partial charge in [0.05, 0.1) is 24.6 Å². The molecule has 0 bridgehead atoms. The van der Waals surface area contributed by atoms with Crippen molar-refractivity contribution in [2.45, 2.75) is 6.92 Å². The van der Waals surface area contributed by atoms with E-state index < -0.39 is 0 Å². The number of anilines is 2. The Morgan fingerprint density at radius 2 is 2.00 bits per heavy atom. The molecule has 1 N–H and O–H groups in total. The minimum atomic E-state index is -0.0847. The summed E-state index contributed by atoms with van der Waals surface area (Å²) in [5.41, 5.74) is 2.15. The van der Waals surface area contributed by atoms with Crippen LogP contribution in [0.3, 0.4) is 0 Å². The number of hydrogen-bond acceptors (Lipinski definition) is 4. The van der Waals surface area contributed by atoms with Gasteiger partial charge in [0.1, 0.15) is 5.75 Å². The zero-order valence-corrected chi connectivity index (χ0v) is 12.5. The molecular weight excluding hydrogens is 266 g/mol. The van der Waals surface area contributed by atoms with Crippen molar-refractivity contribution in [2.24, 2.45) is 0 Å². The number of methoxy groups -OCH3 is 1. The molecule has 0 saturated carbocycles. The molecule has 1 heterocycles. The summed E-state index contributed by atoms with van der Waals surface area (Å²) in [6, 6.07) is 9.09. The Morgan fingerprint density at radius 3 is 2.62 bits per heavy atom. The van der Waals surface area contributed by atoms with Gasteiger partial charge < -0.3 is 15.0 Å². The van der Waals surface area contributed by atoms with Gasteiger partial charge in [-0.15, -0.1) is 0 Å². The zero-order chi connectivity index (χ0) is 15.2. The van der Waals surface area contributed by atoms with E-state index in [1.165, 1.54) is 0 Å². The molecule has 2 rings (SSSR count). The summed E-state index contributed by atoms with van der Waals surface area (Å²) in [6.45, 7) is 2.71. The summed E-state index contributed by atoms with van der Waals surface area (Å²) in [5.74, 6) is 0.676. The smallest absolute Gasteiger partial charge is 0.260 e. The van der Waals surface area contributed by atoms with Crippen LogP contribution in [0.2, 0.25) is 0 Å². The highest BCUT2D eigenvalue weighted by atomic mass is 16.5. The number of benzene rings is 1. The zero-order valence-electron chi connectivity index (χ0n) is 12.5. The van der Waals surface area contributed by atoms with Crippen LogP contribution in [0, 0.1) is 0 Å². The Kier molecular flexibility index (Phi) is 4.77. The Bertz CT molecular complexity index is 611. The fraction of sp³-hybridized carbons (Fsp3) is 0.250. The van der Waals surface area contributed by atoms with E-state index in [2.05, 4.69) is 10.3 Å². The molecule has 5 nitrogen and oxygen atoms in total. The third-order valence-corrected chi connectivity index (χ3v) is 3.18. The van der Waals surface area contributed by atoms with Gasteiger partial charge in [-0.25, -0.2) is 0 Å². The fourth-order valence-electron chi connectivity index (χ4n) is 2.02. The number of ether oxygens (including phenoxy) is 1. The standard InChI is InChI=1S/C16H19N3O2/c1-4-18-15-11-17-10-9-14(15)16(20)19(2)12-5-7-13(21-3)8-6-12/h5-11,18H,4H2,1-3H3. The first-order valence-electron chi connectivity index (χ1n) is 6.77. The summed E-state index contributed by atoms with van der Waals surface area (Å²) in [7, 11) is 3.36. The molecule has 1 aromatic carbocycles. The van der Waals surface area contributed by atoms with Crippen LogP contribution in [-0.2, 0) is 0 Å². The van der Waals surface area contributed by atoms with Crippen molar-refractivity contribution >= 4 is 17.3 Å². The SMILES string of the molecule is CCNc1cnccc1C(=O)N(C)c1ccc(OC)cc1. The van der Waals surface area contributed by atoms with Crippen molar-refractivity contribution in [3.8, 4) is 5.75 Å². The number of carbonyl (C=O) groups is 1. The summed E-state index contributed by atoms with van der Waals surface area (Å²) >= 11 is 0. The first-order chi connectivity index (χ1) is 10.2. The first-order valence-corrected chi connectivity index (χ1v) is 6.77. The number of carbonyl (C=O) groups excluding carboxylic acids is 1. The van der Waals surface area contributed by atoms with Crippen molar-refractivity contribution in [3.63, 3.8) is 0 Å². The van der Waals surface area contributed by atoms with Crippen molar-refractivity contribution in [3.05, 3.63) is 48.3 Å². The second kappa shape index (κ2) is 6.74. The van der Waals surface area contributed by atoms with E-state index in [9.17, 15) is 4.79 Å². The molecule has 0 aliphatic rings. The molecule has 0 aliphatic heterocycles. The molecule has 0 spiro atoms. The number of pyridine rings is 1. The van der Waals surface area contributed by atoms with Gasteiger partial charge in [-0.3, -0.25) is 9.78 Å². The summed E-state index contributed by atoms with van der Waals surface area (Å²) in [4.78, 5) is 18.3. The van der Waals surface area contributed by atoms with E-state index in [0.717, 1.165) is 23.7 Å². The molecule has 0 aliphatic carbocycles. The number of amides is 1. The maximum absolute atomic E-state index is 12.6. The number of rotatable bonds is 5. The summed E-state index contributed by atoms with van der Waals surface area (Å²) in [6.07, 6.45) is 3.29. The quantitative estimate of drug-likeness (QED) is 0.917. The van der Waals surface area contributed by atoms with Gasteiger partial charge in [0.15, 0.2) is 0 Å². The Labute approximate surface area is 124 Å². The second-order valence-corrected chi connectivity index (χ2v) is 4.51. The van der Waals surface area contributed by atoms with Crippen LogP contribution >= 0.6 is 0 Å². The Balaban J connectivity index is 2.26. The van der Waals surface area contributed by atoms with E-state index in [1.807, 2.05) is 31.2 Å². The van der Waals surface area contributed by atoms with Gasteiger partial charge in [0.25, 0.3) is 5.91 Å². The molecule has 0 unspecified atom stereocenters. The van der Waals surface area contributed by atoms with Crippen molar-refractivity contribution in [2.75, 3.05) is 30.9 Å². The lowest BCUT2D eigenvalue weighted by atomic mass is 10.2. The lowest BCUT2D eigenvalue weighted by Crippen LogP contribution is -2.27. The molecule has 0 saturated heterocycles. The average molecular weight is 285 g/mol. The van der Waals surface area contributed by atoms with Gasteiger partial charge in [-0.05, 0) is 37.3 Å². The highest BCUT2D eigenvalue weighted by molar-refractivity contribution is 6.09. The van der Waals surface area contributed by atoms with Crippen LogP contribution < -0.4 is 15.0 Å². The Morgan fingerprint density at radius 1 is 1.29 bits per heavy atom. The van der Waals surface area contributed by atoms with E-state index in [-0.39, 0.29) is 5.91 Å². The fourth-order valence-corrected chi connectivity index (χ4v) is 2.02. The summed E-state index contributed by atoms with van der Waals surface area (Å²) < 4.78 is 5.12. The first kappa shape index (κ1) is 14.8. The molecule has 5 heteroatoms. The van der Waals surface area contributed by atoms with Crippen molar-refractivity contribution in [1.82, 2.24) is 4.98 Å². The van der Waals surface area contributed by atoms with E-state index in [4.69, 9.17) is 4.74 Å². The number of aromatic nitrogens is 1. The number of nitrogens with zero attached hydrogens (tertiary/aromatic N) is 2. The van der Waals surface area contributed by atoms with Gasteiger partial charge in [0.2, 0.25) is 0 Å². The molecule has 0 fully saturated rings. The molecule has 1 amide bonds. The van der Waals surface area contributed by atoms with Gasteiger partial charge >= 0.3 is 0 Å². The van der Waals surface area contributed by atoms with Gasteiger partial charge in [-0.1, -0.05) is 0 Å². The maximum atomic E-state index is 12.6. The largest absolute Gasteiger partial charge is 0.497 e. The van der Waals surface area contributed by atoms with Crippen molar-refractivity contribution < 1.29 is 9.53 Å². The molecule has 0 radical (unpaired) electrons. The van der Waals surface area contributed by atoms with Crippen LogP contribution in [0.5, 0.6) is 5.75 Å². The molecular formula is C16H19N3O2. The maximum Gasteiger partial charge on any atom is 0.260 e. The molecule has 110 valence electrons. The minimum absolute atomic E-state index is 0.0847. The summed E-state index contributed by atoms with van der Waals surface area (Å²) in [5, 5.41) is 3.15. The normalized spacial score (nSPS) is 10.0. The Hall–Kier alpha value is -2.56. The van der Waals surface area contributed by atoms with Gasteiger partial charge in [-0.2, -0.15) is 0 Å². The van der Waals surface area contributed by atoms with E-state index >= 15 is 0 Å². The lowest BCUT2D eigenvalue weighted by Gasteiger charge is -2.19. The average Bonchev–Trinajstić information content (AvgIpc) is 2.54. The van der Waals surface area contributed by atoms with Gasteiger partial charge in [0, 0.05) is 25.5 Å². The van der Waals surface area contributed by atoms with Crippen LogP contribution in [0.1, 0.15) is 17.3 Å². The molecule has 2 aromatic rings. The van der Waals surface area contributed by atoms with Crippen LogP contribution in [0.15, 0.2) is 42.7 Å². The second-order valence-electron chi connectivity index (χ2n) is 4.51. The third kappa shape index (κ3) is 3.31. The monoisotopic (exact) mass is 285 g/mol. The van der Waals surface area contributed by atoms with E-state index in [0.29, 0.717) is 5.56 Å². The number of hydrogen-bond donors (Lipinski definition) is 1. The molecule has 1 aromatic heterocycles. The van der Waals surface area contributed by atoms with Crippen molar-refractivity contribution in [1.29, 1.82) is 0 Å². The predicted molar refractivity (Wildman–Crippen MR) is 84.1 cm³/mol. The highest BCUT2D eigenvalue weighted by Gasteiger charge is 2.17. The predicted octanol–water partition coefficient (Wildman–Crippen LogP) is 2.80. The van der Waals surface area contributed by atoms with Crippen LogP contribution in [-0.4, -0.2) is 31.6 Å². The highest BCUT2D eigenvalue weighted by Crippen LogP contribution is 2.22. The van der Waals surface area contributed by atoms with E-state index in [1.54, 1.807) is 37.5 Å².